The molecule has 0 N–H and O–H groups in total. The van der Waals surface area contributed by atoms with Crippen molar-refractivity contribution >= 4 is 11.0 Å². The van der Waals surface area contributed by atoms with Gasteiger partial charge in [-0.3, -0.25) is 4.90 Å². The molecule has 0 aliphatic heterocycles. The first kappa shape index (κ1) is 14.7. The Hall–Kier alpha value is -2.21. The Bertz CT molecular complexity index is 770. The minimum Gasteiger partial charge on any atom is -0.330 e. The number of benzene rings is 1. The van der Waals surface area contributed by atoms with Crippen molar-refractivity contribution in [3.63, 3.8) is 0 Å². The molecule has 116 valence electrons. The molecule has 1 aromatic carbocycles. The Kier molecular flexibility index (Phi) is 3.94. The number of fused-ring (bicyclic) bond motifs is 1. The van der Waals surface area contributed by atoms with Crippen LogP contribution in [0.1, 0.15) is 31.5 Å². The number of nitrogens with zero attached hydrogens (tertiary/aromatic N) is 6. The third-order valence-corrected chi connectivity index (χ3v) is 3.91. The molecule has 0 amide bonds. The zero-order chi connectivity index (χ0) is 15.7. The van der Waals surface area contributed by atoms with E-state index in [0.717, 1.165) is 35.8 Å². The van der Waals surface area contributed by atoms with Crippen LogP contribution in [0.3, 0.4) is 0 Å². The second-order valence-electron chi connectivity index (χ2n) is 6.00. The summed E-state index contributed by atoms with van der Waals surface area (Å²) in [6.07, 6.45) is 1.79. The molecular weight excluding hydrogens is 276 g/mol. The Balaban J connectivity index is 1.77. The number of hydrogen-bond donors (Lipinski definition) is 0. The summed E-state index contributed by atoms with van der Waals surface area (Å²) in [4.78, 5) is 6.93. The third kappa shape index (κ3) is 2.74. The van der Waals surface area contributed by atoms with Crippen molar-refractivity contribution < 1.29 is 0 Å². The van der Waals surface area contributed by atoms with E-state index in [9.17, 15) is 0 Å². The van der Waals surface area contributed by atoms with E-state index in [0.29, 0.717) is 6.04 Å². The monoisotopic (exact) mass is 298 g/mol. The number of imidazole rings is 1. The summed E-state index contributed by atoms with van der Waals surface area (Å²) in [5.41, 5.74) is 2.20. The average Bonchev–Trinajstić information content (AvgIpc) is 3.05. The van der Waals surface area contributed by atoms with Gasteiger partial charge in [0.2, 0.25) is 0 Å². The van der Waals surface area contributed by atoms with Crippen LogP contribution in [0.4, 0.5) is 0 Å². The highest BCUT2D eigenvalue weighted by atomic mass is 15.3. The molecular formula is C16H22N6. The zero-order valence-electron chi connectivity index (χ0n) is 13.6. The van der Waals surface area contributed by atoms with Crippen LogP contribution >= 0.6 is 0 Å². The zero-order valence-corrected chi connectivity index (χ0v) is 13.6. The van der Waals surface area contributed by atoms with Gasteiger partial charge in [-0.15, -0.1) is 10.2 Å². The van der Waals surface area contributed by atoms with Crippen molar-refractivity contribution in [3.05, 3.63) is 42.2 Å². The summed E-state index contributed by atoms with van der Waals surface area (Å²) in [6, 6.07) is 8.58. The van der Waals surface area contributed by atoms with Gasteiger partial charge in [-0.05, 0) is 33.0 Å². The van der Waals surface area contributed by atoms with Gasteiger partial charge >= 0.3 is 0 Å². The van der Waals surface area contributed by atoms with Gasteiger partial charge in [-0.2, -0.15) is 0 Å². The van der Waals surface area contributed by atoms with Crippen molar-refractivity contribution in [3.8, 4) is 0 Å². The number of para-hydroxylation sites is 2. The molecule has 2 heterocycles. The summed E-state index contributed by atoms with van der Waals surface area (Å²) in [6.45, 7) is 5.80. The SMILES string of the molecule is CC(C)n1cnnc1CN(C)Cc1nc2ccccc2n1C. The number of hydrogen-bond acceptors (Lipinski definition) is 4. The Morgan fingerprint density at radius 2 is 1.86 bits per heavy atom. The quantitative estimate of drug-likeness (QED) is 0.725. The van der Waals surface area contributed by atoms with Crippen LogP contribution in [0.15, 0.2) is 30.6 Å². The van der Waals surface area contributed by atoms with Crippen molar-refractivity contribution in [2.75, 3.05) is 7.05 Å². The fourth-order valence-electron chi connectivity index (χ4n) is 2.69. The summed E-state index contributed by atoms with van der Waals surface area (Å²) in [5, 5.41) is 8.25. The number of aryl methyl sites for hydroxylation is 1. The van der Waals surface area contributed by atoms with E-state index in [4.69, 9.17) is 4.98 Å². The molecule has 6 nitrogen and oxygen atoms in total. The summed E-state index contributed by atoms with van der Waals surface area (Å²) in [7, 11) is 4.15. The molecule has 0 fully saturated rings. The first-order chi connectivity index (χ1) is 10.6. The molecule has 0 aliphatic carbocycles. The van der Waals surface area contributed by atoms with E-state index in [1.54, 1.807) is 6.33 Å². The van der Waals surface area contributed by atoms with Crippen LogP contribution < -0.4 is 0 Å². The smallest absolute Gasteiger partial charge is 0.147 e. The van der Waals surface area contributed by atoms with Crippen molar-refractivity contribution in [1.82, 2.24) is 29.2 Å². The molecule has 3 aromatic rings. The Morgan fingerprint density at radius 1 is 1.14 bits per heavy atom. The molecule has 6 heteroatoms. The first-order valence-corrected chi connectivity index (χ1v) is 7.53. The molecule has 0 saturated heterocycles. The van der Waals surface area contributed by atoms with Crippen molar-refractivity contribution in [1.29, 1.82) is 0 Å². The van der Waals surface area contributed by atoms with Crippen molar-refractivity contribution in [2.24, 2.45) is 7.05 Å². The molecule has 0 radical (unpaired) electrons. The lowest BCUT2D eigenvalue weighted by Gasteiger charge is -2.17. The van der Waals surface area contributed by atoms with Gasteiger partial charge in [0.25, 0.3) is 0 Å². The molecule has 0 saturated carbocycles. The van der Waals surface area contributed by atoms with Crippen LogP contribution in [-0.4, -0.2) is 36.3 Å². The van der Waals surface area contributed by atoms with E-state index in [1.807, 2.05) is 18.2 Å². The number of aromatic nitrogens is 5. The van der Waals surface area contributed by atoms with Gasteiger partial charge in [0, 0.05) is 13.1 Å². The highest BCUT2D eigenvalue weighted by Crippen LogP contribution is 2.16. The van der Waals surface area contributed by atoms with Crippen LogP contribution in [0.2, 0.25) is 0 Å². The van der Waals surface area contributed by atoms with Crippen LogP contribution in [0.25, 0.3) is 11.0 Å². The fourth-order valence-corrected chi connectivity index (χ4v) is 2.69. The molecule has 2 aromatic heterocycles. The van der Waals surface area contributed by atoms with Gasteiger partial charge in [-0.25, -0.2) is 4.98 Å². The fraction of sp³-hybridized carbons (Fsp3) is 0.438. The summed E-state index contributed by atoms with van der Waals surface area (Å²) >= 11 is 0. The minimum atomic E-state index is 0.370. The lowest BCUT2D eigenvalue weighted by Crippen LogP contribution is -2.22. The highest BCUT2D eigenvalue weighted by molar-refractivity contribution is 5.75. The second kappa shape index (κ2) is 5.88. The molecule has 0 aliphatic rings. The molecule has 3 rings (SSSR count). The van der Waals surface area contributed by atoms with E-state index in [-0.39, 0.29) is 0 Å². The van der Waals surface area contributed by atoms with Crippen LogP contribution in [0.5, 0.6) is 0 Å². The van der Waals surface area contributed by atoms with E-state index in [1.165, 1.54) is 0 Å². The van der Waals surface area contributed by atoms with Gasteiger partial charge < -0.3 is 9.13 Å². The van der Waals surface area contributed by atoms with Crippen LogP contribution in [0, 0.1) is 0 Å². The normalized spacial score (nSPS) is 11.9. The third-order valence-electron chi connectivity index (χ3n) is 3.91. The average molecular weight is 298 g/mol. The molecule has 22 heavy (non-hydrogen) atoms. The molecule has 0 spiro atoms. The molecule has 0 unspecified atom stereocenters. The maximum absolute atomic E-state index is 4.72. The van der Waals surface area contributed by atoms with Gasteiger partial charge in [0.1, 0.15) is 18.0 Å². The van der Waals surface area contributed by atoms with Crippen molar-refractivity contribution in [2.45, 2.75) is 33.0 Å². The van der Waals surface area contributed by atoms with E-state index in [2.05, 4.69) is 58.2 Å². The predicted molar refractivity (Wildman–Crippen MR) is 86.3 cm³/mol. The highest BCUT2D eigenvalue weighted by Gasteiger charge is 2.13. The Morgan fingerprint density at radius 3 is 2.59 bits per heavy atom. The molecule has 0 atom stereocenters. The largest absolute Gasteiger partial charge is 0.330 e. The Labute approximate surface area is 130 Å². The minimum absolute atomic E-state index is 0.370. The lowest BCUT2D eigenvalue weighted by molar-refractivity contribution is 0.292. The molecule has 0 bridgehead atoms. The van der Waals surface area contributed by atoms with Gasteiger partial charge in [-0.1, -0.05) is 12.1 Å². The maximum Gasteiger partial charge on any atom is 0.147 e. The topological polar surface area (TPSA) is 51.8 Å². The number of rotatable bonds is 5. The van der Waals surface area contributed by atoms with Crippen LogP contribution in [-0.2, 0) is 20.1 Å². The second-order valence-corrected chi connectivity index (χ2v) is 6.00. The first-order valence-electron chi connectivity index (χ1n) is 7.53. The van der Waals surface area contributed by atoms with Gasteiger partial charge in [0.15, 0.2) is 0 Å². The standard InChI is InChI=1S/C16H22N6/c1-12(2)22-11-17-19-16(22)10-20(3)9-15-18-13-7-5-6-8-14(13)21(15)4/h5-8,11-12H,9-10H2,1-4H3. The lowest BCUT2D eigenvalue weighted by atomic mass is 10.3. The van der Waals surface area contributed by atoms with E-state index < -0.39 is 0 Å². The predicted octanol–water partition coefficient (Wildman–Crippen LogP) is 2.38. The van der Waals surface area contributed by atoms with E-state index >= 15 is 0 Å². The maximum atomic E-state index is 4.72. The van der Waals surface area contributed by atoms with Gasteiger partial charge in [0.05, 0.1) is 24.1 Å². The summed E-state index contributed by atoms with van der Waals surface area (Å²) < 4.78 is 4.25. The summed E-state index contributed by atoms with van der Waals surface area (Å²) in [5.74, 6) is 2.04.